The minimum absolute atomic E-state index is 0.312. The molecule has 12 heavy (non-hydrogen) atoms. The molecule has 0 N–H and O–H groups in total. The van der Waals surface area contributed by atoms with Crippen molar-refractivity contribution in [1.82, 2.24) is 0 Å². The second kappa shape index (κ2) is 5.15. The van der Waals surface area contributed by atoms with Gasteiger partial charge in [0.05, 0.1) is 6.10 Å². The van der Waals surface area contributed by atoms with Crippen LogP contribution in [0.4, 0.5) is 0 Å². The van der Waals surface area contributed by atoms with E-state index in [9.17, 15) is 0 Å². The fourth-order valence-corrected chi connectivity index (χ4v) is 1.28. The maximum Gasteiger partial charge on any atom is 0.0762 e. The van der Waals surface area contributed by atoms with E-state index in [4.69, 9.17) is 4.74 Å². The molecule has 0 aromatic rings. The van der Waals surface area contributed by atoms with Gasteiger partial charge in [-0.3, -0.25) is 0 Å². The predicted molar refractivity (Wildman–Crippen MR) is 52.2 cm³/mol. The van der Waals surface area contributed by atoms with E-state index < -0.39 is 0 Å². The number of ether oxygens (including phenoxy) is 1. The van der Waals surface area contributed by atoms with Crippen LogP contribution in [0.1, 0.15) is 33.1 Å². The first-order valence-corrected chi connectivity index (χ1v) is 4.81. The molecule has 0 bridgehead atoms. The fourth-order valence-electron chi connectivity index (χ4n) is 1.28. The smallest absolute Gasteiger partial charge is 0.0762 e. The minimum atomic E-state index is 0.312. The molecule has 1 aliphatic carbocycles. The van der Waals surface area contributed by atoms with Crippen LogP contribution in [0.2, 0.25) is 0 Å². The standard InChI is InChI=1S/C11H18O/c1-3-4-9-12-10(2)11-7-5-6-8-11/h5-7,10H,3-4,8-9H2,1-2H3. The van der Waals surface area contributed by atoms with Crippen molar-refractivity contribution in [2.24, 2.45) is 0 Å². The zero-order chi connectivity index (χ0) is 8.81. The zero-order valence-electron chi connectivity index (χ0n) is 8.05. The summed E-state index contributed by atoms with van der Waals surface area (Å²) in [5.41, 5.74) is 1.41. The molecular formula is C11H18O. The molecule has 0 saturated carbocycles. The van der Waals surface area contributed by atoms with Crippen molar-refractivity contribution in [2.75, 3.05) is 6.61 Å². The highest BCUT2D eigenvalue weighted by Gasteiger charge is 2.08. The zero-order valence-corrected chi connectivity index (χ0v) is 8.05. The Kier molecular flexibility index (Phi) is 4.09. The summed E-state index contributed by atoms with van der Waals surface area (Å²) >= 11 is 0. The molecular weight excluding hydrogens is 148 g/mol. The molecule has 0 fully saturated rings. The number of allylic oxidation sites excluding steroid dienone is 3. The Labute approximate surface area is 75.1 Å². The van der Waals surface area contributed by atoms with Crippen LogP contribution in [-0.4, -0.2) is 12.7 Å². The lowest BCUT2D eigenvalue weighted by Crippen LogP contribution is -2.11. The maximum absolute atomic E-state index is 5.66. The molecule has 1 atom stereocenters. The lowest BCUT2D eigenvalue weighted by Gasteiger charge is -2.13. The van der Waals surface area contributed by atoms with Crippen molar-refractivity contribution in [3.8, 4) is 0 Å². The van der Waals surface area contributed by atoms with Gasteiger partial charge in [0.2, 0.25) is 0 Å². The first-order valence-electron chi connectivity index (χ1n) is 4.81. The topological polar surface area (TPSA) is 9.23 Å². The summed E-state index contributed by atoms with van der Waals surface area (Å²) in [6.45, 7) is 5.22. The van der Waals surface area contributed by atoms with Gasteiger partial charge in [-0.15, -0.1) is 0 Å². The SMILES string of the molecule is CCCCOC(C)C1=CC=CC1. The molecule has 0 aromatic heterocycles. The summed E-state index contributed by atoms with van der Waals surface area (Å²) in [5, 5.41) is 0. The van der Waals surface area contributed by atoms with Gasteiger partial charge in [-0.2, -0.15) is 0 Å². The van der Waals surface area contributed by atoms with Crippen LogP contribution in [-0.2, 0) is 4.74 Å². The van der Waals surface area contributed by atoms with Crippen LogP contribution in [0, 0.1) is 0 Å². The molecule has 1 nitrogen and oxygen atoms in total. The van der Waals surface area contributed by atoms with E-state index in [0.29, 0.717) is 6.10 Å². The van der Waals surface area contributed by atoms with Crippen molar-refractivity contribution in [1.29, 1.82) is 0 Å². The Bertz CT molecular complexity index is 179. The first kappa shape index (κ1) is 9.53. The molecule has 1 rings (SSSR count). The van der Waals surface area contributed by atoms with E-state index in [1.165, 1.54) is 18.4 Å². The minimum Gasteiger partial charge on any atom is -0.374 e. The van der Waals surface area contributed by atoms with Crippen LogP contribution in [0.15, 0.2) is 23.8 Å². The lowest BCUT2D eigenvalue weighted by molar-refractivity contribution is 0.0866. The molecule has 0 aromatic carbocycles. The van der Waals surface area contributed by atoms with Gasteiger partial charge in [-0.05, 0) is 25.3 Å². The molecule has 0 spiro atoms. The van der Waals surface area contributed by atoms with Gasteiger partial charge < -0.3 is 4.74 Å². The van der Waals surface area contributed by atoms with Gasteiger partial charge in [0, 0.05) is 6.61 Å². The molecule has 1 aliphatic rings. The Balaban J connectivity index is 2.15. The lowest BCUT2D eigenvalue weighted by atomic mass is 10.1. The normalized spacial score (nSPS) is 18.0. The average molecular weight is 166 g/mol. The maximum atomic E-state index is 5.66. The van der Waals surface area contributed by atoms with E-state index in [0.717, 1.165) is 13.0 Å². The Morgan fingerprint density at radius 1 is 1.58 bits per heavy atom. The molecule has 1 heteroatoms. The molecule has 1 unspecified atom stereocenters. The third-order valence-electron chi connectivity index (χ3n) is 2.19. The van der Waals surface area contributed by atoms with Crippen molar-refractivity contribution >= 4 is 0 Å². The number of hydrogen-bond acceptors (Lipinski definition) is 1. The highest BCUT2D eigenvalue weighted by Crippen LogP contribution is 2.16. The summed E-state index contributed by atoms with van der Waals surface area (Å²) in [7, 11) is 0. The van der Waals surface area contributed by atoms with Gasteiger partial charge in [0.1, 0.15) is 0 Å². The van der Waals surface area contributed by atoms with E-state index in [1.54, 1.807) is 0 Å². The Morgan fingerprint density at radius 3 is 3.00 bits per heavy atom. The van der Waals surface area contributed by atoms with Crippen LogP contribution >= 0.6 is 0 Å². The van der Waals surface area contributed by atoms with E-state index in [2.05, 4.69) is 32.1 Å². The Hall–Kier alpha value is -0.560. The van der Waals surface area contributed by atoms with Crippen molar-refractivity contribution in [2.45, 2.75) is 39.2 Å². The van der Waals surface area contributed by atoms with E-state index in [1.807, 2.05) is 0 Å². The fraction of sp³-hybridized carbons (Fsp3) is 0.636. The van der Waals surface area contributed by atoms with Crippen LogP contribution in [0.5, 0.6) is 0 Å². The van der Waals surface area contributed by atoms with Crippen molar-refractivity contribution < 1.29 is 4.74 Å². The Morgan fingerprint density at radius 2 is 2.42 bits per heavy atom. The molecule has 0 radical (unpaired) electrons. The highest BCUT2D eigenvalue weighted by atomic mass is 16.5. The number of unbranched alkanes of at least 4 members (excludes halogenated alkanes) is 1. The summed E-state index contributed by atoms with van der Waals surface area (Å²) in [5.74, 6) is 0. The summed E-state index contributed by atoms with van der Waals surface area (Å²) in [6.07, 6.45) is 10.2. The third kappa shape index (κ3) is 2.82. The summed E-state index contributed by atoms with van der Waals surface area (Å²) < 4.78 is 5.66. The molecule has 0 amide bonds. The van der Waals surface area contributed by atoms with Crippen LogP contribution < -0.4 is 0 Å². The van der Waals surface area contributed by atoms with Gasteiger partial charge >= 0.3 is 0 Å². The second-order valence-corrected chi connectivity index (χ2v) is 3.24. The molecule has 0 saturated heterocycles. The monoisotopic (exact) mass is 166 g/mol. The quantitative estimate of drug-likeness (QED) is 0.570. The van der Waals surface area contributed by atoms with Gasteiger partial charge in [0.25, 0.3) is 0 Å². The highest BCUT2D eigenvalue weighted by molar-refractivity contribution is 5.25. The molecule has 0 heterocycles. The molecule has 0 aliphatic heterocycles. The molecule has 68 valence electrons. The summed E-state index contributed by atoms with van der Waals surface area (Å²) in [4.78, 5) is 0. The second-order valence-electron chi connectivity index (χ2n) is 3.24. The number of hydrogen-bond donors (Lipinski definition) is 0. The summed E-state index contributed by atoms with van der Waals surface area (Å²) in [6, 6.07) is 0. The largest absolute Gasteiger partial charge is 0.374 e. The number of rotatable bonds is 5. The predicted octanol–water partition coefficient (Wildman–Crippen LogP) is 3.08. The van der Waals surface area contributed by atoms with E-state index >= 15 is 0 Å². The first-order chi connectivity index (χ1) is 5.84. The van der Waals surface area contributed by atoms with Crippen LogP contribution in [0.25, 0.3) is 0 Å². The average Bonchev–Trinajstić information content (AvgIpc) is 2.56. The van der Waals surface area contributed by atoms with Crippen molar-refractivity contribution in [3.63, 3.8) is 0 Å². The third-order valence-corrected chi connectivity index (χ3v) is 2.19. The van der Waals surface area contributed by atoms with Gasteiger partial charge in [-0.25, -0.2) is 0 Å². The van der Waals surface area contributed by atoms with E-state index in [-0.39, 0.29) is 0 Å². The van der Waals surface area contributed by atoms with Gasteiger partial charge in [-0.1, -0.05) is 31.6 Å². The van der Waals surface area contributed by atoms with Crippen LogP contribution in [0.3, 0.4) is 0 Å². The van der Waals surface area contributed by atoms with Gasteiger partial charge in [0.15, 0.2) is 0 Å². The van der Waals surface area contributed by atoms with Crippen molar-refractivity contribution in [3.05, 3.63) is 23.8 Å².